The molecule has 1 amide bonds. The standard InChI is InChI=1S/C19H20ClN3O3/c1-11-21-10-13-7-14(3-4-16(13)22-11)23-19(24)12-8-15(20)18-17(9-12)25-5-2-6-26-18/h8-10,14H,2-7H2,1H3,(H,23,24). The van der Waals surface area contributed by atoms with Crippen molar-refractivity contribution in [2.45, 2.75) is 38.6 Å². The van der Waals surface area contributed by atoms with Crippen molar-refractivity contribution in [1.82, 2.24) is 15.3 Å². The van der Waals surface area contributed by atoms with Gasteiger partial charge in [0.15, 0.2) is 11.5 Å². The van der Waals surface area contributed by atoms with Crippen LogP contribution >= 0.6 is 11.6 Å². The molecule has 1 aliphatic heterocycles. The van der Waals surface area contributed by atoms with Crippen molar-refractivity contribution >= 4 is 17.5 Å². The molecule has 2 aromatic rings. The molecule has 1 unspecified atom stereocenters. The van der Waals surface area contributed by atoms with Gasteiger partial charge in [-0.25, -0.2) is 9.97 Å². The van der Waals surface area contributed by atoms with Gasteiger partial charge in [0.25, 0.3) is 5.91 Å². The van der Waals surface area contributed by atoms with Crippen molar-refractivity contribution in [2.24, 2.45) is 0 Å². The molecule has 0 saturated carbocycles. The molecular formula is C19H20ClN3O3. The number of hydrogen-bond acceptors (Lipinski definition) is 5. The predicted molar refractivity (Wildman–Crippen MR) is 97.1 cm³/mol. The van der Waals surface area contributed by atoms with Crippen LogP contribution in [0.5, 0.6) is 11.5 Å². The van der Waals surface area contributed by atoms with E-state index in [9.17, 15) is 4.79 Å². The summed E-state index contributed by atoms with van der Waals surface area (Å²) in [7, 11) is 0. The largest absolute Gasteiger partial charge is 0.489 e. The van der Waals surface area contributed by atoms with Crippen LogP contribution in [0.25, 0.3) is 0 Å². The first-order valence-corrected chi connectivity index (χ1v) is 9.19. The van der Waals surface area contributed by atoms with E-state index in [0.717, 1.165) is 42.8 Å². The monoisotopic (exact) mass is 373 g/mol. The third-order valence-electron chi connectivity index (χ3n) is 4.67. The molecule has 1 aromatic carbocycles. The van der Waals surface area contributed by atoms with Gasteiger partial charge in [0.2, 0.25) is 0 Å². The molecule has 1 N–H and O–H groups in total. The number of nitrogens with one attached hydrogen (secondary N) is 1. The summed E-state index contributed by atoms with van der Waals surface area (Å²) in [5.74, 6) is 1.66. The van der Waals surface area contributed by atoms with Gasteiger partial charge >= 0.3 is 0 Å². The molecule has 0 radical (unpaired) electrons. The van der Waals surface area contributed by atoms with E-state index in [-0.39, 0.29) is 11.9 Å². The molecule has 7 heteroatoms. The van der Waals surface area contributed by atoms with Crippen molar-refractivity contribution < 1.29 is 14.3 Å². The number of ether oxygens (including phenoxy) is 2. The number of rotatable bonds is 2. The molecule has 1 atom stereocenters. The molecule has 2 aliphatic rings. The highest BCUT2D eigenvalue weighted by Crippen LogP contribution is 2.38. The van der Waals surface area contributed by atoms with Crippen molar-refractivity contribution in [1.29, 1.82) is 0 Å². The first-order valence-electron chi connectivity index (χ1n) is 8.81. The van der Waals surface area contributed by atoms with Gasteiger partial charge < -0.3 is 14.8 Å². The number of aromatic nitrogens is 2. The summed E-state index contributed by atoms with van der Waals surface area (Å²) in [6.45, 7) is 3.00. The summed E-state index contributed by atoms with van der Waals surface area (Å²) < 4.78 is 11.3. The van der Waals surface area contributed by atoms with Gasteiger partial charge in [-0.15, -0.1) is 0 Å². The summed E-state index contributed by atoms with van der Waals surface area (Å²) in [6.07, 6.45) is 5.08. The molecule has 136 valence electrons. The van der Waals surface area contributed by atoms with Gasteiger partial charge in [-0.2, -0.15) is 0 Å². The van der Waals surface area contributed by atoms with Crippen LogP contribution in [-0.2, 0) is 12.8 Å². The Morgan fingerprint density at radius 2 is 2.15 bits per heavy atom. The zero-order valence-corrected chi connectivity index (χ0v) is 15.3. The van der Waals surface area contributed by atoms with Gasteiger partial charge in [0.05, 0.1) is 18.2 Å². The van der Waals surface area contributed by atoms with E-state index in [4.69, 9.17) is 21.1 Å². The van der Waals surface area contributed by atoms with E-state index in [1.54, 1.807) is 12.1 Å². The highest BCUT2D eigenvalue weighted by molar-refractivity contribution is 6.32. The first-order chi connectivity index (χ1) is 12.6. The van der Waals surface area contributed by atoms with E-state index >= 15 is 0 Å². The fourth-order valence-corrected chi connectivity index (χ4v) is 3.63. The Kier molecular flexibility index (Phi) is 4.68. The summed E-state index contributed by atoms with van der Waals surface area (Å²) in [4.78, 5) is 21.4. The van der Waals surface area contributed by atoms with Gasteiger partial charge in [-0.3, -0.25) is 4.79 Å². The minimum Gasteiger partial charge on any atom is -0.489 e. The molecule has 2 heterocycles. The van der Waals surface area contributed by atoms with Crippen LogP contribution in [0.4, 0.5) is 0 Å². The van der Waals surface area contributed by atoms with Gasteiger partial charge in [0.1, 0.15) is 5.82 Å². The number of halogens is 1. The molecule has 1 aromatic heterocycles. The zero-order chi connectivity index (χ0) is 18.1. The molecule has 0 saturated heterocycles. The third kappa shape index (κ3) is 3.46. The summed E-state index contributed by atoms with van der Waals surface area (Å²) >= 11 is 6.29. The lowest BCUT2D eigenvalue weighted by atomic mass is 9.92. The Labute approximate surface area is 156 Å². The second-order valence-corrected chi connectivity index (χ2v) is 7.05. The fourth-order valence-electron chi connectivity index (χ4n) is 3.36. The highest BCUT2D eigenvalue weighted by Gasteiger charge is 2.24. The highest BCUT2D eigenvalue weighted by atomic mass is 35.5. The molecule has 0 fully saturated rings. The van der Waals surface area contributed by atoms with Crippen molar-refractivity contribution in [2.75, 3.05) is 13.2 Å². The van der Waals surface area contributed by atoms with E-state index in [1.165, 1.54) is 0 Å². The normalized spacial score (nSPS) is 18.6. The number of nitrogens with zero attached hydrogens (tertiary/aromatic N) is 2. The number of aryl methyl sites for hydroxylation is 2. The molecule has 1 aliphatic carbocycles. The van der Waals surface area contributed by atoms with Crippen molar-refractivity contribution in [3.63, 3.8) is 0 Å². The molecular weight excluding hydrogens is 354 g/mol. The lowest BCUT2D eigenvalue weighted by molar-refractivity contribution is 0.0933. The van der Waals surface area contributed by atoms with Crippen LogP contribution in [0.2, 0.25) is 5.02 Å². The minimum absolute atomic E-state index is 0.0519. The molecule has 6 nitrogen and oxygen atoms in total. The van der Waals surface area contributed by atoms with E-state index in [0.29, 0.717) is 35.3 Å². The zero-order valence-electron chi connectivity index (χ0n) is 14.5. The second kappa shape index (κ2) is 7.11. The van der Waals surface area contributed by atoms with Crippen LogP contribution in [-0.4, -0.2) is 35.1 Å². The van der Waals surface area contributed by atoms with E-state index in [1.807, 2.05) is 13.1 Å². The van der Waals surface area contributed by atoms with Gasteiger partial charge in [-0.1, -0.05) is 11.6 Å². The smallest absolute Gasteiger partial charge is 0.251 e. The lowest BCUT2D eigenvalue weighted by Crippen LogP contribution is -2.39. The van der Waals surface area contributed by atoms with Crippen LogP contribution < -0.4 is 14.8 Å². The third-order valence-corrected chi connectivity index (χ3v) is 4.95. The maximum Gasteiger partial charge on any atom is 0.251 e. The van der Waals surface area contributed by atoms with Crippen LogP contribution in [0.1, 0.15) is 40.3 Å². The number of hydrogen-bond donors (Lipinski definition) is 1. The maximum absolute atomic E-state index is 12.7. The quantitative estimate of drug-likeness (QED) is 0.876. The van der Waals surface area contributed by atoms with Crippen molar-refractivity contribution in [3.05, 3.63) is 46.0 Å². The number of fused-ring (bicyclic) bond motifs is 2. The number of benzene rings is 1. The predicted octanol–water partition coefficient (Wildman–Crippen LogP) is 2.89. The summed E-state index contributed by atoms with van der Waals surface area (Å²) in [5, 5.41) is 3.49. The average molecular weight is 374 g/mol. The summed E-state index contributed by atoms with van der Waals surface area (Å²) in [6, 6.07) is 3.38. The number of carbonyl (C=O) groups excluding carboxylic acids is 1. The Balaban J connectivity index is 1.49. The SMILES string of the molecule is Cc1ncc2c(n1)CCC(NC(=O)c1cc(Cl)c3c(c1)OCCCO3)C2. The Morgan fingerprint density at radius 1 is 1.31 bits per heavy atom. The van der Waals surface area contributed by atoms with E-state index < -0.39 is 0 Å². The second-order valence-electron chi connectivity index (χ2n) is 6.64. The minimum atomic E-state index is -0.163. The lowest BCUT2D eigenvalue weighted by Gasteiger charge is -2.25. The van der Waals surface area contributed by atoms with Gasteiger partial charge in [0, 0.05) is 29.9 Å². The van der Waals surface area contributed by atoms with Crippen LogP contribution in [0.15, 0.2) is 18.3 Å². The van der Waals surface area contributed by atoms with Crippen LogP contribution in [0.3, 0.4) is 0 Å². The Morgan fingerprint density at radius 3 is 3.04 bits per heavy atom. The Hall–Kier alpha value is -2.34. The first kappa shape index (κ1) is 17.1. The topological polar surface area (TPSA) is 73.3 Å². The van der Waals surface area contributed by atoms with Gasteiger partial charge in [-0.05, 0) is 43.9 Å². The van der Waals surface area contributed by atoms with Crippen LogP contribution in [0, 0.1) is 6.92 Å². The molecule has 0 spiro atoms. The maximum atomic E-state index is 12.7. The number of carbonyl (C=O) groups is 1. The molecule has 26 heavy (non-hydrogen) atoms. The Bertz CT molecular complexity index is 856. The van der Waals surface area contributed by atoms with Crippen molar-refractivity contribution in [3.8, 4) is 11.5 Å². The van der Waals surface area contributed by atoms with E-state index in [2.05, 4.69) is 15.3 Å². The fraction of sp³-hybridized carbons (Fsp3) is 0.421. The average Bonchev–Trinajstić information content (AvgIpc) is 2.87. The summed E-state index contributed by atoms with van der Waals surface area (Å²) in [5.41, 5.74) is 2.66. The molecule has 0 bridgehead atoms. The molecule has 4 rings (SSSR count). The number of amides is 1.